The van der Waals surface area contributed by atoms with Crippen molar-refractivity contribution in [1.29, 1.82) is 0 Å². The SMILES string of the molecule is CC1(C)OCC(CC2=CC=C/C3=C4\CCC=CC4=COC(C(=O)O)OC23)O1. The van der Waals surface area contributed by atoms with Crippen molar-refractivity contribution in [2.75, 3.05) is 6.61 Å². The third-order valence-corrected chi connectivity index (χ3v) is 5.07. The van der Waals surface area contributed by atoms with Gasteiger partial charge in [-0.3, -0.25) is 0 Å². The van der Waals surface area contributed by atoms with Crippen LogP contribution in [0.2, 0.25) is 0 Å². The van der Waals surface area contributed by atoms with Gasteiger partial charge in [0.2, 0.25) is 0 Å². The highest BCUT2D eigenvalue weighted by molar-refractivity contribution is 5.71. The number of aliphatic carboxylic acids is 1. The maximum Gasteiger partial charge on any atom is 0.373 e. The molecule has 4 aliphatic rings. The van der Waals surface area contributed by atoms with Crippen LogP contribution in [0.25, 0.3) is 0 Å². The van der Waals surface area contributed by atoms with Gasteiger partial charge in [-0.2, -0.15) is 0 Å². The van der Waals surface area contributed by atoms with Crippen LogP contribution >= 0.6 is 0 Å². The van der Waals surface area contributed by atoms with Crippen molar-refractivity contribution in [2.45, 2.75) is 57.4 Å². The van der Waals surface area contributed by atoms with Gasteiger partial charge >= 0.3 is 5.97 Å². The molecular weight excluding hydrogens is 348 g/mol. The molecule has 144 valence electrons. The van der Waals surface area contributed by atoms with Crippen LogP contribution in [0.15, 0.2) is 58.9 Å². The lowest BCUT2D eigenvalue weighted by Crippen LogP contribution is -2.36. The lowest BCUT2D eigenvalue weighted by molar-refractivity contribution is -0.182. The average molecular weight is 372 g/mol. The van der Waals surface area contributed by atoms with Gasteiger partial charge < -0.3 is 24.1 Å². The van der Waals surface area contributed by atoms with E-state index in [-0.39, 0.29) is 6.10 Å². The van der Waals surface area contributed by atoms with E-state index in [9.17, 15) is 9.90 Å². The first kappa shape index (κ1) is 18.2. The van der Waals surface area contributed by atoms with E-state index >= 15 is 0 Å². The Bertz CT molecular complexity index is 782. The van der Waals surface area contributed by atoms with Crippen LogP contribution in [0.1, 0.15) is 33.1 Å². The molecule has 1 fully saturated rings. The molecule has 0 aromatic heterocycles. The standard InChI is InChI=1S/C21H24O6/c1-21(2)25-12-15(27-21)10-13-7-5-9-17-16-8-4-3-6-14(16)11-24-20(19(22)23)26-18(13)17/h3,5-7,9,11,15,18,20H,4,8,10,12H2,1-2H3,(H,22,23)/b14-11?,17-16-. The molecule has 1 saturated heterocycles. The molecule has 4 rings (SSSR count). The fourth-order valence-electron chi connectivity index (χ4n) is 3.88. The number of rotatable bonds is 3. The summed E-state index contributed by atoms with van der Waals surface area (Å²) in [7, 11) is 0. The van der Waals surface area contributed by atoms with Gasteiger partial charge in [-0.25, -0.2) is 4.79 Å². The predicted molar refractivity (Wildman–Crippen MR) is 97.6 cm³/mol. The number of carboxylic acids is 1. The highest BCUT2D eigenvalue weighted by atomic mass is 16.7. The van der Waals surface area contributed by atoms with Gasteiger partial charge in [-0.1, -0.05) is 30.4 Å². The Balaban J connectivity index is 1.67. The molecule has 0 amide bonds. The topological polar surface area (TPSA) is 74.2 Å². The Morgan fingerprint density at radius 3 is 2.93 bits per heavy atom. The largest absolute Gasteiger partial charge is 0.477 e. The Morgan fingerprint density at radius 2 is 2.19 bits per heavy atom. The second kappa shape index (κ2) is 7.11. The Morgan fingerprint density at radius 1 is 1.33 bits per heavy atom. The highest BCUT2D eigenvalue weighted by Gasteiger charge is 2.37. The summed E-state index contributed by atoms with van der Waals surface area (Å²) in [5.74, 6) is -1.75. The van der Waals surface area contributed by atoms with Gasteiger partial charge in [0.05, 0.1) is 19.0 Å². The van der Waals surface area contributed by atoms with E-state index in [1.807, 2.05) is 38.2 Å². The number of ether oxygens (including phenoxy) is 4. The lowest BCUT2D eigenvalue weighted by Gasteiger charge is -2.33. The van der Waals surface area contributed by atoms with Crippen LogP contribution in [0.5, 0.6) is 0 Å². The second-order valence-electron chi connectivity index (χ2n) is 7.53. The molecule has 0 bridgehead atoms. The zero-order valence-electron chi connectivity index (χ0n) is 15.5. The highest BCUT2D eigenvalue weighted by Crippen LogP contribution is 2.38. The van der Waals surface area contributed by atoms with Gasteiger partial charge in [0.1, 0.15) is 6.10 Å². The summed E-state index contributed by atoms with van der Waals surface area (Å²) in [6.45, 7) is 4.28. The summed E-state index contributed by atoms with van der Waals surface area (Å²) in [5, 5.41) is 9.49. The first-order chi connectivity index (χ1) is 12.9. The maximum absolute atomic E-state index is 11.6. The molecule has 3 atom stereocenters. The Labute approximate surface area is 158 Å². The predicted octanol–water partition coefficient (Wildman–Crippen LogP) is 3.38. The quantitative estimate of drug-likeness (QED) is 0.819. The van der Waals surface area contributed by atoms with E-state index < -0.39 is 24.2 Å². The van der Waals surface area contributed by atoms with Crippen molar-refractivity contribution >= 4 is 5.97 Å². The van der Waals surface area contributed by atoms with Crippen LogP contribution in [0.3, 0.4) is 0 Å². The van der Waals surface area contributed by atoms with E-state index in [1.165, 1.54) is 6.26 Å². The molecule has 0 aromatic rings. The Kier molecular flexibility index (Phi) is 4.80. The monoisotopic (exact) mass is 372 g/mol. The number of hydrogen-bond acceptors (Lipinski definition) is 5. The Hall–Kier alpha value is -2.15. The fraction of sp³-hybridized carbons (Fsp3) is 0.476. The van der Waals surface area contributed by atoms with E-state index in [1.54, 1.807) is 0 Å². The van der Waals surface area contributed by atoms with Gasteiger partial charge in [0.25, 0.3) is 6.29 Å². The zero-order valence-corrected chi connectivity index (χ0v) is 15.5. The van der Waals surface area contributed by atoms with Crippen molar-refractivity contribution in [3.8, 4) is 0 Å². The third kappa shape index (κ3) is 3.78. The van der Waals surface area contributed by atoms with Crippen LogP contribution in [0, 0.1) is 0 Å². The van der Waals surface area contributed by atoms with Gasteiger partial charge in [-0.05, 0) is 43.4 Å². The van der Waals surface area contributed by atoms with Crippen LogP contribution < -0.4 is 0 Å². The van der Waals surface area contributed by atoms with Crippen LogP contribution in [-0.2, 0) is 23.7 Å². The van der Waals surface area contributed by atoms with Crippen LogP contribution in [0.4, 0.5) is 0 Å². The summed E-state index contributed by atoms with van der Waals surface area (Å²) >= 11 is 0. The van der Waals surface area contributed by atoms with Gasteiger partial charge in [0.15, 0.2) is 5.79 Å². The molecule has 2 aliphatic carbocycles. The minimum Gasteiger partial charge on any atom is -0.477 e. The molecule has 0 radical (unpaired) electrons. The normalized spacial score (nSPS) is 34.5. The van der Waals surface area contributed by atoms with E-state index in [0.717, 1.165) is 35.1 Å². The molecule has 6 nitrogen and oxygen atoms in total. The summed E-state index contributed by atoms with van der Waals surface area (Å²) < 4.78 is 23.0. The summed E-state index contributed by atoms with van der Waals surface area (Å²) in [6, 6.07) is 0. The molecule has 2 aliphatic heterocycles. The molecule has 0 spiro atoms. The summed E-state index contributed by atoms with van der Waals surface area (Å²) in [6.07, 6.45) is 12.0. The lowest BCUT2D eigenvalue weighted by atomic mass is 9.83. The molecule has 2 heterocycles. The molecule has 0 aromatic carbocycles. The van der Waals surface area contributed by atoms with Gasteiger partial charge in [0, 0.05) is 12.0 Å². The van der Waals surface area contributed by atoms with Crippen molar-refractivity contribution in [3.05, 3.63) is 58.9 Å². The summed E-state index contributed by atoms with van der Waals surface area (Å²) in [4.78, 5) is 11.6. The second-order valence-corrected chi connectivity index (χ2v) is 7.53. The van der Waals surface area contributed by atoms with E-state index in [0.29, 0.717) is 13.0 Å². The molecular formula is C21H24O6. The maximum atomic E-state index is 11.6. The fourth-order valence-corrected chi connectivity index (χ4v) is 3.88. The molecule has 1 N–H and O–H groups in total. The molecule has 27 heavy (non-hydrogen) atoms. The number of allylic oxidation sites excluding steroid dienone is 6. The number of carbonyl (C=O) groups is 1. The minimum absolute atomic E-state index is 0.0940. The zero-order chi connectivity index (χ0) is 19.0. The molecule has 3 unspecified atom stereocenters. The van der Waals surface area contributed by atoms with Gasteiger partial charge in [-0.15, -0.1) is 0 Å². The van der Waals surface area contributed by atoms with E-state index in [4.69, 9.17) is 18.9 Å². The third-order valence-electron chi connectivity index (χ3n) is 5.07. The van der Waals surface area contributed by atoms with Crippen molar-refractivity contribution < 1.29 is 28.8 Å². The van der Waals surface area contributed by atoms with Crippen molar-refractivity contribution in [1.82, 2.24) is 0 Å². The molecule has 0 saturated carbocycles. The average Bonchev–Trinajstić information content (AvgIpc) is 2.96. The van der Waals surface area contributed by atoms with Crippen LogP contribution in [-0.4, -0.2) is 42.0 Å². The summed E-state index contributed by atoms with van der Waals surface area (Å²) in [5.41, 5.74) is 4.01. The number of fused-ring (bicyclic) bond motifs is 2. The molecule has 6 heteroatoms. The van der Waals surface area contributed by atoms with E-state index in [2.05, 4.69) is 6.08 Å². The smallest absolute Gasteiger partial charge is 0.373 e. The minimum atomic E-state index is -1.36. The van der Waals surface area contributed by atoms with Crippen molar-refractivity contribution in [3.63, 3.8) is 0 Å². The van der Waals surface area contributed by atoms with Crippen molar-refractivity contribution in [2.24, 2.45) is 0 Å². The number of hydrogen-bond donors (Lipinski definition) is 1. The number of carboxylic acid groups (broad SMARTS) is 1. The first-order valence-electron chi connectivity index (χ1n) is 9.26. The first-order valence-corrected chi connectivity index (χ1v) is 9.26.